The van der Waals surface area contributed by atoms with Crippen molar-refractivity contribution in [2.24, 2.45) is 0 Å². The van der Waals surface area contributed by atoms with Crippen LogP contribution in [0.4, 0.5) is 5.82 Å². The van der Waals surface area contributed by atoms with Crippen LogP contribution in [-0.2, 0) is 13.8 Å². The van der Waals surface area contributed by atoms with Crippen LogP contribution in [0.5, 0.6) is 0 Å². The fourth-order valence-corrected chi connectivity index (χ4v) is 2.83. The van der Waals surface area contributed by atoms with Crippen molar-refractivity contribution in [2.45, 2.75) is 24.5 Å². The molecule has 1 saturated heterocycles. The number of aromatic nitrogens is 4. The Morgan fingerprint density at radius 3 is 2.68 bits per heavy atom. The van der Waals surface area contributed by atoms with Gasteiger partial charge < -0.3 is 30.1 Å². The Morgan fingerprint density at radius 1 is 1.32 bits per heavy atom. The molecule has 0 unspecified atom stereocenters. The zero-order valence-corrected chi connectivity index (χ0v) is 13.3. The van der Waals surface area contributed by atoms with Crippen molar-refractivity contribution in [3.8, 4) is 0 Å². The molecule has 0 aliphatic carbocycles. The van der Waals surface area contributed by atoms with Crippen molar-refractivity contribution in [1.82, 2.24) is 19.5 Å². The maximum atomic E-state index is 10.8. The van der Waals surface area contributed by atoms with Gasteiger partial charge in [0.1, 0.15) is 30.2 Å². The molecule has 14 heteroatoms. The van der Waals surface area contributed by atoms with E-state index in [1.807, 2.05) is 0 Å². The summed E-state index contributed by atoms with van der Waals surface area (Å²) in [6, 6.07) is 0. The van der Waals surface area contributed by atoms with Gasteiger partial charge >= 0.3 is 37.4 Å². The molecule has 0 spiro atoms. The summed E-state index contributed by atoms with van der Waals surface area (Å²) in [5, 5.41) is 23.0. The van der Waals surface area contributed by atoms with Gasteiger partial charge in [0.15, 0.2) is 17.7 Å². The second-order valence-corrected chi connectivity index (χ2v) is 6.37. The van der Waals surface area contributed by atoms with E-state index in [1.54, 1.807) is 7.05 Å². The monoisotopic (exact) mass is 385 g/mol. The average molecular weight is 385 g/mol. The third-order valence-electron chi connectivity index (χ3n) is 3.61. The van der Waals surface area contributed by atoms with Crippen LogP contribution >= 0.6 is 7.82 Å². The van der Waals surface area contributed by atoms with Gasteiger partial charge in [-0.3, -0.25) is 9.09 Å². The number of phosphoric ester groups is 1. The van der Waals surface area contributed by atoms with Gasteiger partial charge in [-0.05, 0) is 0 Å². The summed E-state index contributed by atoms with van der Waals surface area (Å²) in [6.07, 6.45) is -2.26. The molecule has 0 bridgehead atoms. The molecule has 4 atom stereocenters. The van der Waals surface area contributed by atoms with Crippen LogP contribution in [-0.4, -0.2) is 101 Å². The molecule has 134 valence electrons. The zero-order chi connectivity index (χ0) is 17.5. The number of phosphoric acid groups is 1. The van der Waals surface area contributed by atoms with E-state index < -0.39 is 39.0 Å². The summed E-state index contributed by atoms with van der Waals surface area (Å²) in [5.41, 5.74) is 0.808. The minimum atomic E-state index is -4.71. The van der Waals surface area contributed by atoms with Crippen LogP contribution in [0.1, 0.15) is 6.23 Å². The number of hydrogen-bond acceptors (Lipinski definition) is 9. The van der Waals surface area contributed by atoms with E-state index in [0.29, 0.717) is 17.0 Å². The third-order valence-corrected chi connectivity index (χ3v) is 4.10. The standard InChI is InChI=1S/C11H16N5O7P.Na.H/c1-12-9-6-10(14-3-13-9)16(4-15-6)11-8(18)7(17)5(23-11)2-22-24(19,20)21;;/h3-5,7-8,11,17-18H,2H2,1H3,(H,12,13,14)(H2,19,20,21);;/t5-,7-,8-,11-;;/m1../s1. The molecule has 2 aromatic rings. The molecule has 1 aliphatic heterocycles. The van der Waals surface area contributed by atoms with Gasteiger partial charge in [-0.15, -0.1) is 0 Å². The normalized spacial score (nSPS) is 26.6. The van der Waals surface area contributed by atoms with Gasteiger partial charge in [0.05, 0.1) is 12.9 Å². The Bertz CT molecular complexity index is 785. The fraction of sp³-hybridized carbons (Fsp3) is 0.545. The number of ether oxygens (including phenoxy) is 1. The van der Waals surface area contributed by atoms with E-state index in [0.717, 1.165) is 0 Å². The summed E-state index contributed by atoms with van der Waals surface area (Å²) in [4.78, 5) is 29.7. The van der Waals surface area contributed by atoms with Crippen LogP contribution in [0.15, 0.2) is 12.7 Å². The van der Waals surface area contributed by atoms with Crippen molar-refractivity contribution < 1.29 is 33.8 Å². The van der Waals surface area contributed by atoms with E-state index in [2.05, 4.69) is 24.8 Å². The van der Waals surface area contributed by atoms with Crippen molar-refractivity contribution >= 4 is 54.4 Å². The summed E-state index contributed by atoms with van der Waals surface area (Å²) in [5.74, 6) is 0.480. The molecule has 3 rings (SSSR count). The van der Waals surface area contributed by atoms with Crippen molar-refractivity contribution in [3.05, 3.63) is 12.7 Å². The molecule has 1 aliphatic rings. The SMILES string of the molecule is CNc1ncnc2c1ncn2[C@@H]1O[C@H](COP(=O)(O)O)[C@@H](O)[C@H]1O.[NaH]. The molecule has 5 N–H and O–H groups in total. The number of imidazole rings is 1. The molecule has 1 fully saturated rings. The second-order valence-electron chi connectivity index (χ2n) is 5.13. The molecule has 0 saturated carbocycles. The average Bonchev–Trinajstić information content (AvgIpc) is 3.07. The number of aliphatic hydroxyl groups is 2. The number of anilines is 1. The Morgan fingerprint density at radius 2 is 2.04 bits per heavy atom. The summed E-state index contributed by atoms with van der Waals surface area (Å²) in [7, 11) is -3.05. The number of aliphatic hydroxyl groups excluding tert-OH is 2. The Hall–Kier alpha value is -0.660. The predicted molar refractivity (Wildman–Crippen MR) is 85.9 cm³/mol. The first-order chi connectivity index (χ1) is 11.3. The van der Waals surface area contributed by atoms with Gasteiger partial charge in [0, 0.05) is 7.05 Å². The summed E-state index contributed by atoms with van der Waals surface area (Å²) >= 11 is 0. The van der Waals surface area contributed by atoms with Gasteiger partial charge in [-0.2, -0.15) is 0 Å². The van der Waals surface area contributed by atoms with E-state index in [9.17, 15) is 14.8 Å². The fourth-order valence-electron chi connectivity index (χ4n) is 2.49. The third kappa shape index (κ3) is 4.19. The number of nitrogens with one attached hydrogen (secondary N) is 1. The summed E-state index contributed by atoms with van der Waals surface area (Å²) in [6.45, 7) is -0.581. The Labute approximate surface area is 163 Å². The van der Waals surface area contributed by atoms with E-state index in [-0.39, 0.29) is 29.6 Å². The van der Waals surface area contributed by atoms with E-state index in [4.69, 9.17) is 14.5 Å². The quantitative estimate of drug-likeness (QED) is 0.283. The van der Waals surface area contributed by atoms with Gasteiger partial charge in [0.2, 0.25) is 0 Å². The first-order valence-corrected chi connectivity index (χ1v) is 8.42. The van der Waals surface area contributed by atoms with E-state index >= 15 is 0 Å². The molecule has 3 heterocycles. The minimum absolute atomic E-state index is 0. The van der Waals surface area contributed by atoms with Crippen molar-refractivity contribution in [1.29, 1.82) is 0 Å². The Balaban J connectivity index is 0.00000225. The van der Waals surface area contributed by atoms with E-state index in [1.165, 1.54) is 17.2 Å². The number of rotatable bonds is 5. The molecule has 25 heavy (non-hydrogen) atoms. The molecule has 2 aromatic heterocycles. The van der Waals surface area contributed by atoms with Crippen LogP contribution in [0.2, 0.25) is 0 Å². The molecular weight excluding hydrogens is 368 g/mol. The van der Waals surface area contributed by atoms with Crippen LogP contribution in [0, 0.1) is 0 Å². The molecule has 0 radical (unpaired) electrons. The first-order valence-electron chi connectivity index (χ1n) is 6.89. The maximum absolute atomic E-state index is 10.8. The number of fused-ring (bicyclic) bond motifs is 1. The van der Waals surface area contributed by atoms with Crippen molar-refractivity contribution in [2.75, 3.05) is 19.0 Å². The van der Waals surface area contributed by atoms with Crippen molar-refractivity contribution in [3.63, 3.8) is 0 Å². The number of nitrogens with zero attached hydrogens (tertiary/aromatic N) is 4. The molecule has 0 amide bonds. The van der Waals surface area contributed by atoms with Crippen LogP contribution in [0.25, 0.3) is 11.2 Å². The second kappa shape index (κ2) is 7.92. The predicted octanol–water partition coefficient (Wildman–Crippen LogP) is -2.05. The van der Waals surface area contributed by atoms with Gasteiger partial charge in [-0.25, -0.2) is 19.5 Å². The zero-order valence-electron chi connectivity index (χ0n) is 12.4. The van der Waals surface area contributed by atoms with Crippen LogP contribution in [0.3, 0.4) is 0 Å². The topological polar surface area (TPSA) is 172 Å². The Kier molecular flexibility index (Phi) is 6.55. The first kappa shape index (κ1) is 20.6. The van der Waals surface area contributed by atoms with Gasteiger partial charge in [0.25, 0.3) is 0 Å². The van der Waals surface area contributed by atoms with Crippen LogP contribution < -0.4 is 5.32 Å². The molecule has 0 aromatic carbocycles. The summed E-state index contributed by atoms with van der Waals surface area (Å²) < 4.78 is 22.0. The number of hydrogen-bond donors (Lipinski definition) is 5. The van der Waals surface area contributed by atoms with Gasteiger partial charge in [-0.1, -0.05) is 0 Å². The molecule has 12 nitrogen and oxygen atoms in total. The molecular formula is C11H17N5NaO7P.